The van der Waals surface area contributed by atoms with Gasteiger partial charge in [-0.25, -0.2) is 4.98 Å². The molecule has 1 aliphatic heterocycles. The van der Waals surface area contributed by atoms with Crippen molar-refractivity contribution in [3.63, 3.8) is 0 Å². The van der Waals surface area contributed by atoms with Crippen LogP contribution in [0.4, 0.5) is 0 Å². The number of benzene rings is 1. The molecule has 2 N–H and O–H groups in total. The van der Waals surface area contributed by atoms with E-state index < -0.39 is 0 Å². The zero-order valence-corrected chi connectivity index (χ0v) is 19.5. The van der Waals surface area contributed by atoms with Crippen LogP contribution in [0.15, 0.2) is 40.8 Å². The number of nitrogens with zero attached hydrogens (tertiary/aromatic N) is 2. The summed E-state index contributed by atoms with van der Waals surface area (Å²) in [6.45, 7) is 3.69. The van der Waals surface area contributed by atoms with Crippen LogP contribution in [0, 0.1) is 0 Å². The molecule has 28 heavy (non-hydrogen) atoms. The molecule has 0 saturated heterocycles. The lowest BCUT2D eigenvalue weighted by molar-refractivity contribution is 0.0396. The summed E-state index contributed by atoms with van der Waals surface area (Å²) in [6, 6.07) is 8.67. The van der Waals surface area contributed by atoms with Crippen molar-refractivity contribution in [3.8, 4) is 5.75 Å². The summed E-state index contributed by atoms with van der Waals surface area (Å²) >= 11 is 1.69. The zero-order chi connectivity index (χ0) is 18.5. The van der Waals surface area contributed by atoms with E-state index in [0.29, 0.717) is 0 Å². The second-order valence-corrected chi connectivity index (χ2v) is 8.35. The molecule has 0 bridgehead atoms. The van der Waals surface area contributed by atoms with Gasteiger partial charge in [0, 0.05) is 43.1 Å². The summed E-state index contributed by atoms with van der Waals surface area (Å²) in [7, 11) is 0. The van der Waals surface area contributed by atoms with Crippen molar-refractivity contribution in [2.24, 2.45) is 4.99 Å². The minimum absolute atomic E-state index is 0. The maximum Gasteiger partial charge on any atom is 0.191 e. The number of rotatable bonds is 5. The van der Waals surface area contributed by atoms with Crippen LogP contribution in [0.2, 0.25) is 0 Å². The van der Waals surface area contributed by atoms with Crippen molar-refractivity contribution in [2.75, 3.05) is 13.1 Å². The van der Waals surface area contributed by atoms with Crippen LogP contribution in [-0.4, -0.2) is 29.6 Å². The maximum absolute atomic E-state index is 6.48. The Morgan fingerprint density at radius 2 is 2.14 bits per heavy atom. The van der Waals surface area contributed by atoms with E-state index in [4.69, 9.17) is 9.73 Å². The van der Waals surface area contributed by atoms with Crippen LogP contribution >= 0.6 is 35.3 Å². The fourth-order valence-corrected chi connectivity index (χ4v) is 4.81. The van der Waals surface area contributed by atoms with Crippen molar-refractivity contribution in [3.05, 3.63) is 46.4 Å². The lowest BCUT2D eigenvalue weighted by Gasteiger charge is -2.40. The van der Waals surface area contributed by atoms with Crippen molar-refractivity contribution >= 4 is 41.3 Å². The molecule has 0 radical (unpaired) electrons. The van der Waals surface area contributed by atoms with E-state index in [2.05, 4.69) is 46.8 Å². The van der Waals surface area contributed by atoms with Crippen LogP contribution < -0.4 is 15.4 Å². The van der Waals surface area contributed by atoms with E-state index in [1.54, 1.807) is 11.3 Å². The molecule has 1 atom stereocenters. The first-order chi connectivity index (χ1) is 13.3. The van der Waals surface area contributed by atoms with E-state index in [-0.39, 0.29) is 35.6 Å². The van der Waals surface area contributed by atoms with Crippen molar-refractivity contribution in [1.29, 1.82) is 0 Å². The first kappa shape index (κ1) is 21.4. The summed E-state index contributed by atoms with van der Waals surface area (Å²) in [6.07, 6.45) is 8.55. The molecule has 1 unspecified atom stereocenters. The van der Waals surface area contributed by atoms with Gasteiger partial charge in [0.1, 0.15) is 11.4 Å². The smallest absolute Gasteiger partial charge is 0.191 e. The number of guanidine groups is 1. The first-order valence-electron chi connectivity index (χ1n) is 9.99. The minimum Gasteiger partial charge on any atom is -0.487 e. The molecule has 2 aliphatic rings. The van der Waals surface area contributed by atoms with Gasteiger partial charge < -0.3 is 15.4 Å². The summed E-state index contributed by atoms with van der Waals surface area (Å²) in [5.41, 5.74) is 1.23. The Morgan fingerprint density at radius 3 is 2.89 bits per heavy atom. The van der Waals surface area contributed by atoms with Gasteiger partial charge in [-0.15, -0.1) is 35.3 Å². The Hall–Kier alpha value is -1.35. The average Bonchev–Trinajstić information content (AvgIpc) is 3.34. The van der Waals surface area contributed by atoms with Gasteiger partial charge in [-0.3, -0.25) is 4.99 Å². The summed E-state index contributed by atoms with van der Waals surface area (Å²) < 4.78 is 6.48. The van der Waals surface area contributed by atoms with Gasteiger partial charge in [-0.05, 0) is 38.7 Å². The molecule has 7 heteroatoms. The predicted octanol–water partition coefficient (Wildman–Crippen LogP) is 4.70. The van der Waals surface area contributed by atoms with Gasteiger partial charge in [0.05, 0.1) is 11.0 Å². The second kappa shape index (κ2) is 9.91. The molecule has 1 fully saturated rings. The zero-order valence-electron chi connectivity index (χ0n) is 16.3. The van der Waals surface area contributed by atoms with E-state index in [9.17, 15) is 0 Å². The summed E-state index contributed by atoms with van der Waals surface area (Å²) in [5.74, 6) is 1.91. The monoisotopic (exact) mass is 512 g/mol. The van der Waals surface area contributed by atoms with E-state index >= 15 is 0 Å². The Kier molecular flexibility index (Phi) is 7.56. The number of ether oxygens (including phenoxy) is 1. The van der Waals surface area contributed by atoms with Gasteiger partial charge in [-0.1, -0.05) is 18.2 Å². The molecule has 1 spiro atoms. The van der Waals surface area contributed by atoms with Gasteiger partial charge in [0.15, 0.2) is 5.96 Å². The highest BCUT2D eigenvalue weighted by molar-refractivity contribution is 14.0. The standard InChI is InChI=1S/C21H28N4OS.HI/c1-2-22-20(24-12-9-19-23-13-14-27-19)25-17-15-21(10-5-6-11-21)26-18-8-4-3-7-16(17)18;/h3-4,7-8,13-14,17H,2,5-6,9-12,15H2,1H3,(H2,22,24,25);1H. The number of thiazole rings is 1. The van der Waals surface area contributed by atoms with Crippen molar-refractivity contribution in [2.45, 2.75) is 57.1 Å². The third kappa shape index (κ3) is 4.97. The van der Waals surface area contributed by atoms with Crippen LogP contribution in [0.25, 0.3) is 0 Å². The highest BCUT2D eigenvalue weighted by Crippen LogP contribution is 2.46. The largest absolute Gasteiger partial charge is 0.487 e. The Morgan fingerprint density at radius 1 is 1.32 bits per heavy atom. The molecule has 4 rings (SSSR count). The van der Waals surface area contributed by atoms with E-state index in [1.807, 2.05) is 11.6 Å². The lowest BCUT2D eigenvalue weighted by Crippen LogP contribution is -2.46. The Bertz CT molecular complexity index is 774. The molecule has 1 aromatic heterocycles. The maximum atomic E-state index is 6.48. The molecular formula is C21H29IN4OS. The van der Waals surface area contributed by atoms with Gasteiger partial charge in [-0.2, -0.15) is 0 Å². The van der Waals surface area contributed by atoms with E-state index in [1.165, 1.54) is 18.4 Å². The van der Waals surface area contributed by atoms with Crippen molar-refractivity contribution < 1.29 is 4.74 Å². The topological polar surface area (TPSA) is 58.5 Å². The van der Waals surface area contributed by atoms with Gasteiger partial charge in [0.25, 0.3) is 0 Å². The highest BCUT2D eigenvalue weighted by Gasteiger charge is 2.43. The Labute approximate surface area is 188 Å². The average molecular weight is 512 g/mol. The first-order valence-corrected chi connectivity index (χ1v) is 10.9. The number of fused-ring (bicyclic) bond motifs is 1. The molecule has 1 saturated carbocycles. The fraction of sp³-hybridized carbons (Fsp3) is 0.524. The van der Waals surface area contributed by atoms with Crippen LogP contribution in [0.1, 0.15) is 55.6 Å². The fourth-order valence-electron chi connectivity index (χ4n) is 4.20. The summed E-state index contributed by atoms with van der Waals surface area (Å²) in [5, 5.41) is 10.2. The molecule has 5 nitrogen and oxygen atoms in total. The van der Waals surface area contributed by atoms with Gasteiger partial charge in [0.2, 0.25) is 0 Å². The third-order valence-electron chi connectivity index (χ3n) is 5.45. The number of para-hydroxylation sites is 1. The molecular weight excluding hydrogens is 483 g/mol. The van der Waals surface area contributed by atoms with Gasteiger partial charge >= 0.3 is 0 Å². The molecule has 2 heterocycles. The number of halogens is 1. The van der Waals surface area contributed by atoms with Crippen LogP contribution in [0.3, 0.4) is 0 Å². The minimum atomic E-state index is -0.00969. The van der Waals surface area contributed by atoms with Crippen LogP contribution in [-0.2, 0) is 6.42 Å². The lowest BCUT2D eigenvalue weighted by atomic mass is 9.86. The highest BCUT2D eigenvalue weighted by atomic mass is 127. The third-order valence-corrected chi connectivity index (χ3v) is 6.29. The summed E-state index contributed by atoms with van der Waals surface area (Å²) in [4.78, 5) is 9.14. The molecule has 2 aromatic rings. The number of nitrogens with one attached hydrogen (secondary N) is 2. The van der Waals surface area contributed by atoms with Crippen molar-refractivity contribution in [1.82, 2.24) is 15.6 Å². The molecule has 0 amide bonds. The quantitative estimate of drug-likeness (QED) is 0.347. The SMILES string of the molecule is CCNC(=NCCc1nccs1)NC1CC2(CCCC2)Oc2ccccc21.I. The Balaban J connectivity index is 0.00000225. The second-order valence-electron chi connectivity index (χ2n) is 7.37. The molecule has 152 valence electrons. The number of hydrogen-bond acceptors (Lipinski definition) is 4. The van der Waals surface area contributed by atoms with E-state index in [0.717, 1.165) is 55.5 Å². The number of aromatic nitrogens is 1. The molecule has 1 aromatic carbocycles. The molecule has 1 aliphatic carbocycles. The number of hydrogen-bond donors (Lipinski definition) is 2. The predicted molar refractivity (Wildman–Crippen MR) is 126 cm³/mol. The number of aliphatic imine (C=N–C) groups is 1. The van der Waals surface area contributed by atoms with Crippen LogP contribution in [0.5, 0.6) is 5.75 Å². The normalized spacial score (nSPS) is 20.2.